The first-order chi connectivity index (χ1) is 8.09. The zero-order valence-corrected chi connectivity index (χ0v) is 10.4. The number of carbonyl (C=O) groups excluding carboxylic acids is 1. The SMILES string of the molecule is CC(C)NCCC(=O)NCc1ccccc1O. The minimum absolute atomic E-state index is 0.0126. The molecule has 0 unspecified atom stereocenters. The Labute approximate surface area is 102 Å². The van der Waals surface area contributed by atoms with Gasteiger partial charge in [-0.25, -0.2) is 0 Å². The zero-order valence-electron chi connectivity index (χ0n) is 10.4. The minimum Gasteiger partial charge on any atom is -0.508 e. The van der Waals surface area contributed by atoms with Gasteiger partial charge in [0.25, 0.3) is 0 Å². The van der Waals surface area contributed by atoms with E-state index in [9.17, 15) is 9.90 Å². The highest BCUT2D eigenvalue weighted by Gasteiger charge is 2.03. The third-order valence-corrected chi connectivity index (χ3v) is 2.37. The number of nitrogens with one attached hydrogen (secondary N) is 2. The summed E-state index contributed by atoms with van der Waals surface area (Å²) in [7, 11) is 0. The summed E-state index contributed by atoms with van der Waals surface area (Å²) in [6.07, 6.45) is 0.450. The van der Waals surface area contributed by atoms with Gasteiger partial charge in [-0.3, -0.25) is 4.79 Å². The van der Waals surface area contributed by atoms with E-state index in [1.165, 1.54) is 0 Å². The molecule has 0 spiro atoms. The maximum Gasteiger partial charge on any atom is 0.221 e. The van der Waals surface area contributed by atoms with Crippen molar-refractivity contribution in [1.29, 1.82) is 0 Å². The van der Waals surface area contributed by atoms with E-state index >= 15 is 0 Å². The molecule has 0 atom stereocenters. The number of benzene rings is 1. The average Bonchev–Trinajstić information content (AvgIpc) is 2.27. The standard InChI is InChI=1S/C13H20N2O2/c1-10(2)14-8-7-13(17)15-9-11-5-3-4-6-12(11)16/h3-6,10,14,16H,7-9H2,1-2H3,(H,15,17). The van der Waals surface area contributed by atoms with Crippen LogP contribution in [-0.2, 0) is 11.3 Å². The van der Waals surface area contributed by atoms with E-state index in [4.69, 9.17) is 0 Å². The summed E-state index contributed by atoms with van der Waals surface area (Å²) >= 11 is 0. The lowest BCUT2D eigenvalue weighted by Crippen LogP contribution is -2.30. The van der Waals surface area contributed by atoms with Gasteiger partial charge in [0.05, 0.1) is 0 Å². The second-order valence-electron chi connectivity index (χ2n) is 4.26. The third kappa shape index (κ3) is 5.36. The Morgan fingerprint density at radius 1 is 1.35 bits per heavy atom. The van der Waals surface area contributed by atoms with Crippen LogP contribution in [0.5, 0.6) is 5.75 Å². The normalized spacial score (nSPS) is 10.5. The highest BCUT2D eigenvalue weighted by Crippen LogP contribution is 2.14. The molecule has 1 aromatic rings. The first-order valence-electron chi connectivity index (χ1n) is 5.86. The fourth-order valence-corrected chi connectivity index (χ4v) is 1.42. The summed E-state index contributed by atoms with van der Waals surface area (Å²) < 4.78 is 0. The predicted molar refractivity (Wildman–Crippen MR) is 67.7 cm³/mol. The molecule has 0 bridgehead atoms. The maximum absolute atomic E-state index is 11.5. The van der Waals surface area contributed by atoms with Gasteiger partial charge < -0.3 is 15.7 Å². The zero-order chi connectivity index (χ0) is 12.7. The van der Waals surface area contributed by atoms with Gasteiger partial charge in [-0.05, 0) is 6.07 Å². The van der Waals surface area contributed by atoms with Crippen LogP contribution in [0.2, 0.25) is 0 Å². The topological polar surface area (TPSA) is 61.4 Å². The van der Waals surface area contributed by atoms with Crippen LogP contribution < -0.4 is 10.6 Å². The summed E-state index contributed by atoms with van der Waals surface area (Å²) in [4.78, 5) is 11.5. The van der Waals surface area contributed by atoms with Crippen LogP contribution in [0.4, 0.5) is 0 Å². The lowest BCUT2D eigenvalue weighted by atomic mass is 10.2. The summed E-state index contributed by atoms with van der Waals surface area (Å²) in [6.45, 7) is 5.12. The van der Waals surface area contributed by atoms with E-state index in [-0.39, 0.29) is 11.7 Å². The highest BCUT2D eigenvalue weighted by molar-refractivity contribution is 5.76. The Kier molecular flexibility index (Phi) is 5.49. The molecule has 0 fully saturated rings. The first-order valence-corrected chi connectivity index (χ1v) is 5.86. The number of para-hydroxylation sites is 1. The Balaban J connectivity index is 2.26. The second-order valence-corrected chi connectivity index (χ2v) is 4.26. The molecular formula is C13H20N2O2. The molecule has 94 valence electrons. The van der Waals surface area contributed by atoms with Crippen LogP contribution in [0.1, 0.15) is 25.8 Å². The average molecular weight is 236 g/mol. The minimum atomic E-state index is -0.0126. The second kappa shape index (κ2) is 6.91. The van der Waals surface area contributed by atoms with E-state index in [1.54, 1.807) is 18.2 Å². The number of hydrogen-bond donors (Lipinski definition) is 3. The molecule has 1 rings (SSSR count). The quantitative estimate of drug-likeness (QED) is 0.699. The van der Waals surface area contributed by atoms with Crippen LogP contribution in [0.3, 0.4) is 0 Å². The number of amides is 1. The smallest absolute Gasteiger partial charge is 0.221 e. The van der Waals surface area contributed by atoms with Crippen molar-refractivity contribution >= 4 is 5.91 Å². The Bertz CT molecular complexity index is 364. The van der Waals surface area contributed by atoms with Gasteiger partial charge in [-0.2, -0.15) is 0 Å². The fourth-order valence-electron chi connectivity index (χ4n) is 1.42. The summed E-state index contributed by atoms with van der Waals surface area (Å²) in [5.41, 5.74) is 0.734. The van der Waals surface area contributed by atoms with Gasteiger partial charge in [-0.15, -0.1) is 0 Å². The summed E-state index contributed by atoms with van der Waals surface area (Å²) in [5, 5.41) is 15.5. The number of rotatable bonds is 6. The summed E-state index contributed by atoms with van der Waals surface area (Å²) in [6, 6.07) is 7.39. The highest BCUT2D eigenvalue weighted by atomic mass is 16.3. The van der Waals surface area contributed by atoms with E-state index in [0.717, 1.165) is 5.56 Å². The van der Waals surface area contributed by atoms with Gasteiger partial charge >= 0.3 is 0 Å². The molecule has 0 aliphatic carbocycles. The molecule has 4 nitrogen and oxygen atoms in total. The fraction of sp³-hybridized carbons (Fsp3) is 0.462. The van der Waals surface area contributed by atoms with E-state index < -0.39 is 0 Å². The number of aromatic hydroxyl groups is 1. The van der Waals surface area contributed by atoms with E-state index in [2.05, 4.69) is 10.6 Å². The molecule has 0 saturated heterocycles. The molecule has 0 aromatic heterocycles. The molecule has 0 saturated carbocycles. The lowest BCUT2D eigenvalue weighted by Gasteiger charge is -2.09. The van der Waals surface area contributed by atoms with Crippen LogP contribution in [0.15, 0.2) is 24.3 Å². The van der Waals surface area contributed by atoms with Crippen molar-refractivity contribution in [3.8, 4) is 5.75 Å². The van der Waals surface area contributed by atoms with Gasteiger partial charge in [0, 0.05) is 31.1 Å². The van der Waals surface area contributed by atoms with Crippen molar-refractivity contribution in [3.05, 3.63) is 29.8 Å². The van der Waals surface area contributed by atoms with Crippen LogP contribution >= 0.6 is 0 Å². The molecule has 0 aliphatic heterocycles. The Morgan fingerprint density at radius 3 is 2.71 bits per heavy atom. The van der Waals surface area contributed by atoms with Crippen molar-refractivity contribution in [2.45, 2.75) is 32.9 Å². The van der Waals surface area contributed by atoms with Gasteiger partial charge in [0.1, 0.15) is 5.75 Å². The van der Waals surface area contributed by atoms with Gasteiger partial charge in [0.15, 0.2) is 0 Å². The maximum atomic E-state index is 11.5. The van der Waals surface area contributed by atoms with Crippen molar-refractivity contribution in [2.75, 3.05) is 6.54 Å². The predicted octanol–water partition coefficient (Wildman–Crippen LogP) is 1.40. The van der Waals surface area contributed by atoms with Crippen molar-refractivity contribution < 1.29 is 9.90 Å². The van der Waals surface area contributed by atoms with Gasteiger partial charge in [-0.1, -0.05) is 32.0 Å². The Hall–Kier alpha value is -1.55. The van der Waals surface area contributed by atoms with Gasteiger partial charge in [0.2, 0.25) is 5.91 Å². The molecule has 1 amide bonds. The van der Waals surface area contributed by atoms with E-state index in [1.807, 2.05) is 19.9 Å². The summed E-state index contributed by atoms with van der Waals surface area (Å²) in [5.74, 6) is 0.203. The molecule has 0 radical (unpaired) electrons. The van der Waals surface area contributed by atoms with Crippen LogP contribution in [0, 0.1) is 0 Å². The van der Waals surface area contributed by atoms with Crippen molar-refractivity contribution in [1.82, 2.24) is 10.6 Å². The Morgan fingerprint density at radius 2 is 2.06 bits per heavy atom. The lowest BCUT2D eigenvalue weighted by molar-refractivity contribution is -0.121. The molecule has 0 aliphatic rings. The molecule has 3 N–H and O–H groups in total. The molecule has 17 heavy (non-hydrogen) atoms. The van der Waals surface area contributed by atoms with Crippen molar-refractivity contribution in [3.63, 3.8) is 0 Å². The number of phenols is 1. The largest absolute Gasteiger partial charge is 0.508 e. The molecule has 0 heterocycles. The van der Waals surface area contributed by atoms with Crippen molar-refractivity contribution in [2.24, 2.45) is 0 Å². The monoisotopic (exact) mass is 236 g/mol. The van der Waals surface area contributed by atoms with Crippen LogP contribution in [0.25, 0.3) is 0 Å². The van der Waals surface area contributed by atoms with Crippen LogP contribution in [-0.4, -0.2) is 23.6 Å². The van der Waals surface area contributed by atoms with E-state index in [0.29, 0.717) is 25.6 Å². The number of carbonyl (C=O) groups is 1. The molecule has 4 heteroatoms. The third-order valence-electron chi connectivity index (χ3n) is 2.37. The molecule has 1 aromatic carbocycles. The molecular weight excluding hydrogens is 216 g/mol. The number of phenolic OH excluding ortho intramolecular Hbond substituents is 1. The first kappa shape index (κ1) is 13.5. The number of hydrogen-bond acceptors (Lipinski definition) is 3.